The molecule has 124 valence electrons. The molecule has 6 heteroatoms. The molecule has 0 aliphatic heterocycles. The van der Waals surface area contributed by atoms with Crippen LogP contribution in [-0.2, 0) is 24.2 Å². The van der Waals surface area contributed by atoms with E-state index in [9.17, 15) is 4.79 Å². The molecule has 0 unspecified atom stereocenters. The Labute approximate surface area is 144 Å². The number of carbonyl (C=O) groups excluding carboxylic acids is 1. The SMILES string of the molecule is CCc1ncc(CN(C)C(=O)Cc2cc(-c3ccccc3)on2)s1. The van der Waals surface area contributed by atoms with Crippen LogP contribution in [0.15, 0.2) is 47.1 Å². The van der Waals surface area contributed by atoms with E-state index in [1.165, 1.54) is 0 Å². The van der Waals surface area contributed by atoms with Gasteiger partial charge in [-0.3, -0.25) is 4.79 Å². The first-order chi connectivity index (χ1) is 11.7. The summed E-state index contributed by atoms with van der Waals surface area (Å²) in [5.74, 6) is 0.686. The third kappa shape index (κ3) is 3.89. The molecular weight excluding hydrogens is 322 g/mol. The van der Waals surface area contributed by atoms with Gasteiger partial charge in [0.05, 0.1) is 23.7 Å². The number of carbonyl (C=O) groups is 1. The van der Waals surface area contributed by atoms with Crippen molar-refractivity contribution in [2.75, 3.05) is 7.05 Å². The third-order valence-electron chi connectivity index (χ3n) is 3.67. The Bertz CT molecular complexity index is 811. The first kappa shape index (κ1) is 16.4. The molecule has 1 amide bonds. The molecule has 0 saturated carbocycles. The Kier molecular flexibility index (Phi) is 5.05. The van der Waals surface area contributed by atoms with Gasteiger partial charge in [0.15, 0.2) is 5.76 Å². The number of amides is 1. The predicted octanol–water partition coefficient (Wildman–Crippen LogP) is 3.56. The minimum Gasteiger partial charge on any atom is -0.356 e. The molecule has 3 rings (SSSR count). The molecule has 24 heavy (non-hydrogen) atoms. The van der Waals surface area contributed by atoms with Crippen molar-refractivity contribution >= 4 is 17.2 Å². The van der Waals surface area contributed by atoms with E-state index in [4.69, 9.17) is 4.52 Å². The van der Waals surface area contributed by atoms with Crippen LogP contribution in [0, 0.1) is 0 Å². The lowest BCUT2D eigenvalue weighted by Crippen LogP contribution is -2.27. The van der Waals surface area contributed by atoms with Crippen molar-refractivity contribution in [3.63, 3.8) is 0 Å². The van der Waals surface area contributed by atoms with Crippen LogP contribution >= 0.6 is 11.3 Å². The Morgan fingerprint density at radius 2 is 2.08 bits per heavy atom. The van der Waals surface area contributed by atoms with E-state index in [1.54, 1.807) is 23.3 Å². The van der Waals surface area contributed by atoms with Gasteiger partial charge in [-0.1, -0.05) is 42.4 Å². The number of aromatic nitrogens is 2. The number of likely N-dealkylation sites (N-methyl/N-ethyl adjacent to an activating group) is 1. The smallest absolute Gasteiger partial charge is 0.228 e. The molecule has 0 N–H and O–H groups in total. The number of benzene rings is 1. The van der Waals surface area contributed by atoms with Gasteiger partial charge in [0.25, 0.3) is 0 Å². The summed E-state index contributed by atoms with van der Waals surface area (Å²) in [5, 5.41) is 5.10. The maximum Gasteiger partial charge on any atom is 0.228 e. The monoisotopic (exact) mass is 341 g/mol. The Hall–Kier alpha value is -2.47. The van der Waals surface area contributed by atoms with E-state index in [0.29, 0.717) is 18.0 Å². The molecule has 0 aliphatic rings. The second-order valence-corrected chi connectivity index (χ2v) is 6.75. The van der Waals surface area contributed by atoms with Gasteiger partial charge in [-0.15, -0.1) is 11.3 Å². The summed E-state index contributed by atoms with van der Waals surface area (Å²) in [6.07, 6.45) is 2.99. The van der Waals surface area contributed by atoms with E-state index >= 15 is 0 Å². The van der Waals surface area contributed by atoms with E-state index in [1.807, 2.05) is 42.6 Å². The molecule has 2 heterocycles. The summed E-state index contributed by atoms with van der Waals surface area (Å²) < 4.78 is 5.34. The van der Waals surface area contributed by atoms with E-state index in [2.05, 4.69) is 17.1 Å². The van der Waals surface area contributed by atoms with Crippen LogP contribution in [0.1, 0.15) is 22.5 Å². The first-order valence-electron chi connectivity index (χ1n) is 7.84. The van der Waals surface area contributed by atoms with Gasteiger partial charge in [-0.2, -0.15) is 0 Å². The van der Waals surface area contributed by atoms with Crippen molar-refractivity contribution in [1.29, 1.82) is 0 Å². The van der Waals surface area contributed by atoms with Crippen molar-refractivity contribution in [3.8, 4) is 11.3 Å². The fourth-order valence-corrected chi connectivity index (χ4v) is 3.25. The van der Waals surface area contributed by atoms with Gasteiger partial charge < -0.3 is 9.42 Å². The Morgan fingerprint density at radius 3 is 2.79 bits per heavy atom. The van der Waals surface area contributed by atoms with Crippen LogP contribution in [0.2, 0.25) is 0 Å². The minimum atomic E-state index is 0.00867. The molecule has 3 aromatic rings. The third-order valence-corrected chi connectivity index (χ3v) is 4.80. The molecule has 5 nitrogen and oxygen atoms in total. The fourth-order valence-electron chi connectivity index (χ4n) is 2.33. The van der Waals surface area contributed by atoms with Crippen LogP contribution in [0.3, 0.4) is 0 Å². The molecule has 0 bridgehead atoms. The highest BCUT2D eigenvalue weighted by molar-refractivity contribution is 7.11. The quantitative estimate of drug-likeness (QED) is 0.688. The molecule has 0 aliphatic carbocycles. The molecule has 0 atom stereocenters. The van der Waals surface area contributed by atoms with Crippen molar-refractivity contribution in [1.82, 2.24) is 15.0 Å². The van der Waals surface area contributed by atoms with Crippen LogP contribution in [-0.4, -0.2) is 28.0 Å². The molecule has 0 radical (unpaired) electrons. The number of rotatable bonds is 6. The van der Waals surface area contributed by atoms with Gasteiger partial charge in [-0.05, 0) is 6.42 Å². The molecule has 1 aromatic carbocycles. The molecule has 2 aromatic heterocycles. The van der Waals surface area contributed by atoms with Crippen LogP contribution in [0.4, 0.5) is 0 Å². The summed E-state index contributed by atoms with van der Waals surface area (Å²) in [7, 11) is 1.80. The Balaban J connectivity index is 1.61. The highest BCUT2D eigenvalue weighted by Gasteiger charge is 2.15. The topological polar surface area (TPSA) is 59.2 Å². The van der Waals surface area contributed by atoms with Crippen molar-refractivity contribution < 1.29 is 9.32 Å². The summed E-state index contributed by atoms with van der Waals surface area (Å²) in [6, 6.07) is 11.6. The maximum atomic E-state index is 12.4. The summed E-state index contributed by atoms with van der Waals surface area (Å²) >= 11 is 1.65. The first-order valence-corrected chi connectivity index (χ1v) is 8.66. The van der Waals surface area contributed by atoms with Gasteiger partial charge in [-0.25, -0.2) is 4.98 Å². The van der Waals surface area contributed by atoms with Gasteiger partial charge in [0, 0.05) is 29.8 Å². The highest BCUT2D eigenvalue weighted by atomic mass is 32.1. The van der Waals surface area contributed by atoms with Gasteiger partial charge in [0.2, 0.25) is 5.91 Å². The zero-order valence-corrected chi connectivity index (χ0v) is 14.5. The second-order valence-electron chi connectivity index (χ2n) is 5.55. The molecular formula is C18H19N3O2S. The number of hydrogen-bond donors (Lipinski definition) is 0. The standard InChI is InChI=1S/C18H19N3O2S/c1-3-17-19-11-15(24-17)12-21(2)18(22)10-14-9-16(23-20-14)13-7-5-4-6-8-13/h4-9,11H,3,10,12H2,1-2H3. The Morgan fingerprint density at radius 1 is 1.29 bits per heavy atom. The average Bonchev–Trinajstić information content (AvgIpc) is 3.25. The summed E-state index contributed by atoms with van der Waals surface area (Å²) in [4.78, 5) is 19.5. The zero-order valence-electron chi connectivity index (χ0n) is 13.7. The highest BCUT2D eigenvalue weighted by Crippen LogP contribution is 2.20. The second kappa shape index (κ2) is 7.40. The number of aryl methyl sites for hydroxylation is 1. The predicted molar refractivity (Wildman–Crippen MR) is 93.6 cm³/mol. The molecule has 0 fully saturated rings. The average molecular weight is 341 g/mol. The van der Waals surface area contributed by atoms with Crippen LogP contribution in [0.5, 0.6) is 0 Å². The molecule has 0 spiro atoms. The summed E-state index contributed by atoms with van der Waals surface area (Å²) in [6.45, 7) is 2.65. The zero-order chi connectivity index (χ0) is 16.9. The fraction of sp³-hybridized carbons (Fsp3) is 0.278. The van der Waals surface area contributed by atoms with E-state index in [0.717, 1.165) is 21.9 Å². The number of hydrogen-bond acceptors (Lipinski definition) is 5. The van der Waals surface area contributed by atoms with Crippen LogP contribution in [0.25, 0.3) is 11.3 Å². The maximum absolute atomic E-state index is 12.4. The largest absolute Gasteiger partial charge is 0.356 e. The molecule has 0 saturated heterocycles. The van der Waals surface area contributed by atoms with Gasteiger partial charge in [0.1, 0.15) is 0 Å². The number of nitrogens with zero attached hydrogens (tertiary/aromatic N) is 3. The van der Waals surface area contributed by atoms with Crippen molar-refractivity contribution in [2.45, 2.75) is 26.3 Å². The minimum absolute atomic E-state index is 0.00867. The van der Waals surface area contributed by atoms with E-state index < -0.39 is 0 Å². The van der Waals surface area contributed by atoms with Crippen molar-refractivity contribution in [2.24, 2.45) is 0 Å². The lowest BCUT2D eigenvalue weighted by atomic mass is 10.1. The number of thiazole rings is 1. The van der Waals surface area contributed by atoms with Gasteiger partial charge >= 0.3 is 0 Å². The lowest BCUT2D eigenvalue weighted by Gasteiger charge is -2.14. The lowest BCUT2D eigenvalue weighted by molar-refractivity contribution is -0.129. The summed E-state index contributed by atoms with van der Waals surface area (Å²) in [5.41, 5.74) is 1.60. The van der Waals surface area contributed by atoms with Crippen molar-refractivity contribution in [3.05, 3.63) is 58.2 Å². The van der Waals surface area contributed by atoms with E-state index in [-0.39, 0.29) is 12.3 Å². The van der Waals surface area contributed by atoms with Crippen LogP contribution < -0.4 is 0 Å². The normalized spacial score (nSPS) is 10.8.